The van der Waals surface area contributed by atoms with Gasteiger partial charge in [-0.3, -0.25) is 14.4 Å². The van der Waals surface area contributed by atoms with E-state index in [0.717, 1.165) is 13.0 Å². The van der Waals surface area contributed by atoms with E-state index in [2.05, 4.69) is 5.32 Å². The third kappa shape index (κ3) is 6.08. The van der Waals surface area contributed by atoms with Gasteiger partial charge in [-0.15, -0.1) is 0 Å². The van der Waals surface area contributed by atoms with E-state index in [9.17, 15) is 14.4 Å². The molecule has 23 heavy (non-hydrogen) atoms. The van der Waals surface area contributed by atoms with E-state index in [-0.39, 0.29) is 30.5 Å². The second kappa shape index (κ2) is 9.58. The molecular weight excluding hydrogens is 298 g/mol. The van der Waals surface area contributed by atoms with Crippen molar-refractivity contribution in [2.24, 2.45) is 5.73 Å². The Bertz CT molecular complexity index is 524. The summed E-state index contributed by atoms with van der Waals surface area (Å²) in [6.07, 6.45) is 3.31. The summed E-state index contributed by atoms with van der Waals surface area (Å²) < 4.78 is 0. The molecule has 0 aromatic carbocycles. The maximum atomic E-state index is 11.9. The Morgan fingerprint density at radius 3 is 2.78 bits per heavy atom. The van der Waals surface area contributed by atoms with Crippen molar-refractivity contribution in [3.05, 3.63) is 11.8 Å². The number of amides is 3. The lowest BCUT2D eigenvalue weighted by Crippen LogP contribution is -2.33. The smallest absolute Gasteiger partial charge is 0.263 e. The van der Waals surface area contributed by atoms with Crippen molar-refractivity contribution in [1.82, 2.24) is 15.1 Å². The van der Waals surface area contributed by atoms with E-state index < -0.39 is 5.91 Å². The summed E-state index contributed by atoms with van der Waals surface area (Å²) in [6.45, 7) is 3.54. The monoisotopic (exact) mass is 321 g/mol. The molecule has 1 saturated heterocycles. The van der Waals surface area contributed by atoms with Crippen LogP contribution in [-0.4, -0.2) is 60.2 Å². The normalized spacial score (nSPS) is 14.6. The van der Waals surface area contributed by atoms with Crippen LogP contribution in [-0.2, 0) is 14.4 Å². The lowest BCUT2D eigenvalue weighted by molar-refractivity contribution is -0.128. The highest BCUT2D eigenvalue weighted by molar-refractivity contribution is 5.97. The first-order valence-electron chi connectivity index (χ1n) is 7.64. The number of nitrogens with zero attached hydrogens (tertiary/aromatic N) is 3. The van der Waals surface area contributed by atoms with Crippen molar-refractivity contribution in [3.63, 3.8) is 0 Å². The molecule has 3 amide bonds. The van der Waals surface area contributed by atoms with Gasteiger partial charge >= 0.3 is 0 Å². The fraction of sp³-hybridized carbons (Fsp3) is 0.600. The van der Waals surface area contributed by atoms with Crippen LogP contribution in [0.3, 0.4) is 0 Å². The van der Waals surface area contributed by atoms with E-state index in [1.54, 1.807) is 11.0 Å². The van der Waals surface area contributed by atoms with Crippen molar-refractivity contribution in [2.75, 3.05) is 32.7 Å². The quantitative estimate of drug-likeness (QED) is 0.349. The van der Waals surface area contributed by atoms with E-state index in [0.29, 0.717) is 25.9 Å². The Morgan fingerprint density at radius 1 is 1.52 bits per heavy atom. The van der Waals surface area contributed by atoms with Gasteiger partial charge in [0.2, 0.25) is 11.8 Å². The van der Waals surface area contributed by atoms with Crippen molar-refractivity contribution < 1.29 is 14.4 Å². The van der Waals surface area contributed by atoms with Gasteiger partial charge < -0.3 is 20.9 Å². The average molecular weight is 321 g/mol. The van der Waals surface area contributed by atoms with Crippen LogP contribution in [0.15, 0.2) is 11.8 Å². The van der Waals surface area contributed by atoms with Crippen molar-refractivity contribution >= 4 is 17.7 Å². The summed E-state index contributed by atoms with van der Waals surface area (Å²) in [4.78, 5) is 37.8. The standard InChI is InChI=1S/C15H23N5O3/c1-12(21)20(9-5-16)11-13(10-17)15(23)18-6-3-8-19-7-2-4-14(19)22/h11H,2-9,16H2,1H3,(H,18,23)/b13-11-. The fourth-order valence-electron chi connectivity index (χ4n) is 2.25. The molecule has 0 bridgehead atoms. The number of rotatable bonds is 8. The number of carbonyl (C=O) groups excluding carboxylic acids is 3. The molecule has 0 spiro atoms. The van der Waals surface area contributed by atoms with Crippen LogP contribution < -0.4 is 11.1 Å². The molecular formula is C15H23N5O3. The average Bonchev–Trinajstić information content (AvgIpc) is 2.92. The summed E-state index contributed by atoms with van der Waals surface area (Å²) in [5.74, 6) is -0.681. The lowest BCUT2D eigenvalue weighted by Gasteiger charge is -2.16. The molecule has 1 aliphatic rings. The lowest BCUT2D eigenvalue weighted by atomic mass is 10.2. The van der Waals surface area contributed by atoms with Crippen molar-refractivity contribution in [3.8, 4) is 6.07 Å². The van der Waals surface area contributed by atoms with Gasteiger partial charge in [0.15, 0.2) is 0 Å². The molecule has 0 atom stereocenters. The molecule has 0 aliphatic carbocycles. The Morgan fingerprint density at radius 2 is 2.26 bits per heavy atom. The molecule has 0 radical (unpaired) electrons. The van der Waals surface area contributed by atoms with Gasteiger partial charge in [0, 0.05) is 52.3 Å². The van der Waals surface area contributed by atoms with Gasteiger partial charge in [-0.2, -0.15) is 5.26 Å². The van der Waals surface area contributed by atoms with E-state index in [4.69, 9.17) is 11.0 Å². The number of nitrogens with one attached hydrogen (secondary N) is 1. The Labute approximate surface area is 135 Å². The maximum Gasteiger partial charge on any atom is 0.263 e. The van der Waals surface area contributed by atoms with Gasteiger partial charge in [0.25, 0.3) is 5.91 Å². The second-order valence-electron chi connectivity index (χ2n) is 5.25. The minimum absolute atomic E-state index is 0.146. The number of likely N-dealkylation sites (tertiary alicyclic amines) is 1. The number of hydrogen-bond acceptors (Lipinski definition) is 5. The van der Waals surface area contributed by atoms with Gasteiger partial charge in [0.05, 0.1) is 0 Å². The summed E-state index contributed by atoms with van der Waals surface area (Å²) in [6, 6.07) is 1.78. The van der Waals surface area contributed by atoms with Crippen LogP contribution in [0, 0.1) is 11.3 Å². The fourth-order valence-corrected chi connectivity index (χ4v) is 2.25. The van der Waals surface area contributed by atoms with Crippen molar-refractivity contribution in [2.45, 2.75) is 26.2 Å². The number of carbonyl (C=O) groups is 3. The topological polar surface area (TPSA) is 120 Å². The largest absolute Gasteiger partial charge is 0.351 e. The van der Waals surface area contributed by atoms with Crippen LogP contribution in [0.4, 0.5) is 0 Å². The molecule has 1 fully saturated rings. The van der Waals surface area contributed by atoms with Crippen LogP contribution >= 0.6 is 0 Å². The molecule has 126 valence electrons. The summed E-state index contributed by atoms with van der Waals surface area (Å²) in [7, 11) is 0. The number of nitriles is 1. The summed E-state index contributed by atoms with van der Waals surface area (Å²) in [5, 5.41) is 11.7. The first kappa shape index (κ1) is 18.6. The Balaban J connectivity index is 2.45. The minimum atomic E-state index is -0.538. The summed E-state index contributed by atoms with van der Waals surface area (Å²) >= 11 is 0. The zero-order chi connectivity index (χ0) is 17.2. The van der Waals surface area contributed by atoms with Gasteiger partial charge in [-0.25, -0.2) is 0 Å². The van der Waals surface area contributed by atoms with Gasteiger partial charge in [-0.05, 0) is 12.8 Å². The van der Waals surface area contributed by atoms with Crippen LogP contribution in [0.5, 0.6) is 0 Å². The highest BCUT2D eigenvalue weighted by Gasteiger charge is 2.19. The van der Waals surface area contributed by atoms with Gasteiger partial charge in [0.1, 0.15) is 11.6 Å². The predicted octanol–water partition coefficient (Wildman–Crippen LogP) is -0.670. The zero-order valence-corrected chi connectivity index (χ0v) is 13.4. The third-order valence-corrected chi connectivity index (χ3v) is 3.49. The minimum Gasteiger partial charge on any atom is -0.351 e. The molecule has 1 rings (SSSR count). The van der Waals surface area contributed by atoms with Crippen LogP contribution in [0.25, 0.3) is 0 Å². The molecule has 0 unspecified atom stereocenters. The van der Waals surface area contributed by atoms with Gasteiger partial charge in [-0.1, -0.05) is 0 Å². The van der Waals surface area contributed by atoms with Crippen molar-refractivity contribution in [1.29, 1.82) is 5.26 Å². The highest BCUT2D eigenvalue weighted by Crippen LogP contribution is 2.09. The number of nitrogens with two attached hydrogens (primary N) is 1. The first-order chi connectivity index (χ1) is 11.0. The van der Waals surface area contributed by atoms with E-state index >= 15 is 0 Å². The zero-order valence-electron chi connectivity index (χ0n) is 13.4. The second-order valence-corrected chi connectivity index (χ2v) is 5.25. The summed E-state index contributed by atoms with van der Waals surface area (Å²) in [5.41, 5.74) is 5.24. The predicted molar refractivity (Wildman–Crippen MR) is 83.6 cm³/mol. The molecule has 8 nitrogen and oxygen atoms in total. The first-order valence-corrected chi connectivity index (χ1v) is 7.64. The molecule has 1 heterocycles. The van der Waals surface area contributed by atoms with E-state index in [1.807, 2.05) is 0 Å². The molecule has 0 saturated carbocycles. The third-order valence-electron chi connectivity index (χ3n) is 3.49. The Hall–Kier alpha value is -2.40. The molecule has 8 heteroatoms. The van der Waals surface area contributed by atoms with Crippen LogP contribution in [0.1, 0.15) is 26.2 Å². The molecule has 3 N–H and O–H groups in total. The maximum absolute atomic E-state index is 11.9. The molecule has 0 aromatic heterocycles. The van der Waals surface area contributed by atoms with Crippen LogP contribution in [0.2, 0.25) is 0 Å². The molecule has 1 aliphatic heterocycles. The number of hydrogen-bond donors (Lipinski definition) is 2. The Kier molecular flexibility index (Phi) is 7.77. The molecule has 0 aromatic rings. The van der Waals surface area contributed by atoms with E-state index in [1.165, 1.54) is 18.0 Å². The highest BCUT2D eigenvalue weighted by atomic mass is 16.2. The SMILES string of the molecule is CC(=O)N(/C=C(/C#N)C(=O)NCCCN1CCCC1=O)CCN.